The highest BCUT2D eigenvalue weighted by Gasteiger charge is 2.44. The van der Waals surface area contributed by atoms with E-state index in [1.165, 1.54) is 16.7 Å². The monoisotopic (exact) mass is 438 g/mol. The Morgan fingerprint density at radius 2 is 1.38 bits per heavy atom. The molecule has 1 unspecified atom stereocenters. The van der Waals surface area contributed by atoms with Gasteiger partial charge in [0.15, 0.2) is 0 Å². The van der Waals surface area contributed by atoms with Crippen LogP contribution in [-0.2, 0) is 5.54 Å². The maximum Gasteiger partial charge on any atom is 0.116 e. The lowest BCUT2D eigenvalue weighted by atomic mass is 9.74. The first kappa shape index (κ1) is 20.8. The van der Waals surface area contributed by atoms with Crippen molar-refractivity contribution in [2.24, 2.45) is 0 Å². The van der Waals surface area contributed by atoms with Gasteiger partial charge in [-0.05, 0) is 34.8 Å². The number of piperidine rings is 1. The average Bonchev–Trinajstić information content (AvgIpc) is 3.37. The standard InChI is InChI=1S/C28H26N2OS/c31-26-16-18-30(21-22(26)20-27-29-17-19-32-27)28(23-10-4-1-5-11-23,24-12-6-2-7-13-24)25-14-8-3-9-15-25/h1-15,17,19-20,26,31H,16,18,21H2. The van der Waals surface area contributed by atoms with Crippen molar-refractivity contribution in [3.8, 4) is 0 Å². The average molecular weight is 439 g/mol. The molecule has 2 heterocycles. The van der Waals surface area contributed by atoms with Gasteiger partial charge < -0.3 is 5.11 Å². The summed E-state index contributed by atoms with van der Waals surface area (Å²) in [6.07, 6.45) is 4.11. The van der Waals surface area contributed by atoms with Crippen molar-refractivity contribution in [3.05, 3.63) is 130 Å². The molecule has 5 rings (SSSR count). The maximum absolute atomic E-state index is 10.8. The van der Waals surface area contributed by atoms with E-state index in [0.29, 0.717) is 13.0 Å². The largest absolute Gasteiger partial charge is 0.389 e. The summed E-state index contributed by atoms with van der Waals surface area (Å²) in [6, 6.07) is 32.2. The molecule has 1 aliphatic heterocycles. The molecule has 3 nitrogen and oxygen atoms in total. The van der Waals surface area contributed by atoms with Crippen LogP contribution in [0.1, 0.15) is 28.1 Å². The van der Waals surface area contributed by atoms with Gasteiger partial charge in [-0.15, -0.1) is 11.3 Å². The predicted octanol–water partition coefficient (Wildman–Crippen LogP) is 5.59. The van der Waals surface area contributed by atoms with E-state index >= 15 is 0 Å². The summed E-state index contributed by atoms with van der Waals surface area (Å²) in [6.45, 7) is 1.45. The lowest BCUT2D eigenvalue weighted by Gasteiger charge is -2.48. The number of likely N-dealkylation sites (tertiary alicyclic amines) is 1. The Balaban J connectivity index is 1.71. The Hall–Kier alpha value is -3.05. The van der Waals surface area contributed by atoms with Crippen LogP contribution in [0.25, 0.3) is 6.08 Å². The van der Waals surface area contributed by atoms with Gasteiger partial charge in [-0.1, -0.05) is 91.0 Å². The molecule has 0 radical (unpaired) electrons. The molecule has 32 heavy (non-hydrogen) atoms. The van der Waals surface area contributed by atoms with Crippen LogP contribution >= 0.6 is 11.3 Å². The molecule has 1 aliphatic rings. The highest BCUT2D eigenvalue weighted by atomic mass is 32.1. The lowest BCUT2D eigenvalue weighted by Crippen LogP contribution is -2.52. The highest BCUT2D eigenvalue weighted by Crippen LogP contribution is 2.44. The molecule has 0 saturated carbocycles. The lowest BCUT2D eigenvalue weighted by molar-refractivity contribution is 0.0872. The topological polar surface area (TPSA) is 36.4 Å². The zero-order valence-corrected chi connectivity index (χ0v) is 18.7. The molecule has 0 spiro atoms. The highest BCUT2D eigenvalue weighted by molar-refractivity contribution is 7.10. The van der Waals surface area contributed by atoms with Crippen LogP contribution in [0, 0.1) is 0 Å². The molecule has 1 fully saturated rings. The van der Waals surface area contributed by atoms with E-state index in [9.17, 15) is 5.11 Å². The number of benzene rings is 3. The molecule has 0 aliphatic carbocycles. The predicted molar refractivity (Wildman–Crippen MR) is 131 cm³/mol. The molecule has 0 amide bonds. The van der Waals surface area contributed by atoms with Crippen molar-refractivity contribution in [2.45, 2.75) is 18.1 Å². The van der Waals surface area contributed by atoms with Gasteiger partial charge in [0, 0.05) is 24.7 Å². The summed E-state index contributed by atoms with van der Waals surface area (Å²) in [5.74, 6) is 0. The summed E-state index contributed by atoms with van der Waals surface area (Å²) in [7, 11) is 0. The molecule has 160 valence electrons. The van der Waals surface area contributed by atoms with E-state index < -0.39 is 11.6 Å². The number of aromatic nitrogens is 1. The van der Waals surface area contributed by atoms with Gasteiger partial charge in [-0.25, -0.2) is 4.98 Å². The van der Waals surface area contributed by atoms with Crippen LogP contribution in [0.5, 0.6) is 0 Å². The zero-order chi connectivity index (χ0) is 21.8. The van der Waals surface area contributed by atoms with E-state index in [2.05, 4.69) is 107 Å². The van der Waals surface area contributed by atoms with Crippen LogP contribution in [0.3, 0.4) is 0 Å². The summed E-state index contributed by atoms with van der Waals surface area (Å²) in [5.41, 5.74) is 4.22. The fourth-order valence-electron chi connectivity index (χ4n) is 4.85. The molecule has 4 aromatic rings. The second kappa shape index (κ2) is 9.21. The van der Waals surface area contributed by atoms with Gasteiger partial charge >= 0.3 is 0 Å². The fraction of sp³-hybridized carbons (Fsp3) is 0.179. The molecule has 1 N–H and O–H groups in total. The van der Waals surface area contributed by atoms with Gasteiger partial charge in [-0.2, -0.15) is 0 Å². The maximum atomic E-state index is 10.8. The molecule has 1 aromatic heterocycles. The molecule has 1 saturated heterocycles. The van der Waals surface area contributed by atoms with Crippen LogP contribution in [0.2, 0.25) is 0 Å². The van der Waals surface area contributed by atoms with Gasteiger partial charge in [0.1, 0.15) is 5.01 Å². The number of aliphatic hydroxyl groups is 1. The summed E-state index contributed by atoms with van der Waals surface area (Å²) in [4.78, 5) is 6.93. The second-order valence-corrected chi connectivity index (χ2v) is 9.05. The number of thiazole rings is 1. The first-order valence-electron chi connectivity index (χ1n) is 11.0. The first-order valence-corrected chi connectivity index (χ1v) is 11.9. The minimum atomic E-state index is -0.466. The fourth-order valence-corrected chi connectivity index (χ4v) is 5.45. The van der Waals surface area contributed by atoms with Crippen LogP contribution in [0.15, 0.2) is 108 Å². The first-order chi connectivity index (χ1) is 15.8. The molecule has 3 aromatic carbocycles. The second-order valence-electron chi connectivity index (χ2n) is 8.12. The van der Waals surface area contributed by atoms with Crippen molar-refractivity contribution in [2.75, 3.05) is 13.1 Å². The van der Waals surface area contributed by atoms with Crippen LogP contribution in [0.4, 0.5) is 0 Å². The Labute approximate surface area is 193 Å². The molecular formula is C28H26N2OS. The molecule has 0 bridgehead atoms. The molecule has 1 atom stereocenters. The van der Waals surface area contributed by atoms with E-state index in [1.54, 1.807) is 11.3 Å². The SMILES string of the molecule is OC1CCN(C(c2ccccc2)(c2ccccc2)c2ccccc2)CC1=Cc1nccs1. The number of nitrogens with zero attached hydrogens (tertiary/aromatic N) is 2. The smallest absolute Gasteiger partial charge is 0.116 e. The molecule has 4 heteroatoms. The Bertz CT molecular complexity index is 1060. The van der Waals surface area contributed by atoms with Crippen molar-refractivity contribution in [1.29, 1.82) is 0 Å². The quantitative estimate of drug-likeness (QED) is 0.413. The van der Waals surface area contributed by atoms with E-state index in [1.807, 2.05) is 11.6 Å². The third-order valence-electron chi connectivity index (χ3n) is 6.28. The van der Waals surface area contributed by atoms with E-state index in [-0.39, 0.29) is 0 Å². The third-order valence-corrected chi connectivity index (χ3v) is 7.01. The van der Waals surface area contributed by atoms with E-state index in [4.69, 9.17) is 0 Å². The summed E-state index contributed by atoms with van der Waals surface area (Å²) in [5, 5.41) is 13.8. The zero-order valence-electron chi connectivity index (χ0n) is 17.8. The van der Waals surface area contributed by atoms with Crippen molar-refractivity contribution < 1.29 is 5.11 Å². The van der Waals surface area contributed by atoms with Gasteiger partial charge in [-0.3, -0.25) is 4.90 Å². The van der Waals surface area contributed by atoms with Crippen molar-refractivity contribution in [3.63, 3.8) is 0 Å². The third kappa shape index (κ3) is 3.82. The van der Waals surface area contributed by atoms with Gasteiger partial charge in [0.05, 0.1) is 11.6 Å². The normalized spacial score (nSPS) is 18.7. The number of rotatable bonds is 5. The summed E-state index contributed by atoms with van der Waals surface area (Å²) < 4.78 is 0. The molecular weight excluding hydrogens is 412 g/mol. The van der Waals surface area contributed by atoms with Gasteiger partial charge in [0.2, 0.25) is 0 Å². The van der Waals surface area contributed by atoms with E-state index in [0.717, 1.165) is 17.1 Å². The Morgan fingerprint density at radius 3 is 1.84 bits per heavy atom. The number of aliphatic hydroxyl groups excluding tert-OH is 1. The van der Waals surface area contributed by atoms with Crippen LogP contribution < -0.4 is 0 Å². The minimum absolute atomic E-state index is 0.449. The summed E-state index contributed by atoms with van der Waals surface area (Å²) >= 11 is 1.60. The van der Waals surface area contributed by atoms with Crippen LogP contribution in [-0.4, -0.2) is 34.2 Å². The number of hydrogen-bond acceptors (Lipinski definition) is 4. The Kier molecular flexibility index (Phi) is 5.99. The van der Waals surface area contributed by atoms with Crippen molar-refractivity contribution in [1.82, 2.24) is 9.88 Å². The minimum Gasteiger partial charge on any atom is -0.389 e. The van der Waals surface area contributed by atoms with Gasteiger partial charge in [0.25, 0.3) is 0 Å². The number of hydrogen-bond donors (Lipinski definition) is 1. The van der Waals surface area contributed by atoms with Crippen molar-refractivity contribution >= 4 is 17.4 Å². The Morgan fingerprint density at radius 1 is 0.844 bits per heavy atom.